The predicted octanol–water partition coefficient (Wildman–Crippen LogP) is 5.28. The second-order valence-corrected chi connectivity index (χ2v) is 6.22. The molecule has 0 aliphatic rings. The molecule has 0 saturated heterocycles. The van der Waals surface area contributed by atoms with Crippen molar-refractivity contribution < 1.29 is 0 Å². The van der Waals surface area contributed by atoms with Crippen LogP contribution in [0.25, 0.3) is 22.4 Å². The standard InChI is InChI=1S/C21H14ClN3/c22-18-11-9-15(10-12-18)21-24-19-7-3-4-8-20(19)25(21)14-17-6-2-1-5-16(17)13-23/h1-12H,14H2. The zero-order valence-electron chi connectivity index (χ0n) is 13.4. The van der Waals surface area contributed by atoms with Gasteiger partial charge >= 0.3 is 0 Å². The molecule has 0 aliphatic carbocycles. The monoisotopic (exact) mass is 343 g/mol. The van der Waals surface area contributed by atoms with Crippen molar-refractivity contribution in [2.45, 2.75) is 6.54 Å². The summed E-state index contributed by atoms with van der Waals surface area (Å²) in [6.45, 7) is 0.586. The van der Waals surface area contributed by atoms with E-state index in [2.05, 4.69) is 16.7 Å². The number of nitrogens with zero attached hydrogens (tertiary/aromatic N) is 3. The van der Waals surface area contributed by atoms with Crippen LogP contribution >= 0.6 is 11.6 Å². The van der Waals surface area contributed by atoms with Gasteiger partial charge in [0.1, 0.15) is 5.82 Å². The van der Waals surface area contributed by atoms with Crippen molar-refractivity contribution in [2.75, 3.05) is 0 Å². The Bertz CT molecular complexity index is 1090. The highest BCUT2D eigenvalue weighted by Gasteiger charge is 2.14. The SMILES string of the molecule is N#Cc1ccccc1Cn1c(-c2ccc(Cl)cc2)nc2ccccc21. The molecule has 4 rings (SSSR count). The second-order valence-electron chi connectivity index (χ2n) is 5.79. The smallest absolute Gasteiger partial charge is 0.141 e. The lowest BCUT2D eigenvalue weighted by Crippen LogP contribution is -2.04. The van der Waals surface area contributed by atoms with E-state index in [1.807, 2.05) is 66.7 Å². The first kappa shape index (κ1) is 15.4. The van der Waals surface area contributed by atoms with Gasteiger partial charge < -0.3 is 4.57 Å². The van der Waals surface area contributed by atoms with Crippen molar-refractivity contribution in [1.29, 1.82) is 5.26 Å². The summed E-state index contributed by atoms with van der Waals surface area (Å²) in [4.78, 5) is 4.80. The van der Waals surface area contributed by atoms with E-state index in [4.69, 9.17) is 16.6 Å². The first-order valence-electron chi connectivity index (χ1n) is 7.95. The van der Waals surface area contributed by atoms with Gasteiger partial charge in [-0.3, -0.25) is 0 Å². The summed E-state index contributed by atoms with van der Waals surface area (Å²) in [6.07, 6.45) is 0. The van der Waals surface area contributed by atoms with Crippen LogP contribution < -0.4 is 0 Å². The van der Waals surface area contributed by atoms with Crippen LogP contribution in [0, 0.1) is 11.3 Å². The van der Waals surface area contributed by atoms with Crippen LogP contribution in [0.1, 0.15) is 11.1 Å². The van der Waals surface area contributed by atoms with Crippen molar-refractivity contribution in [3.05, 3.63) is 88.9 Å². The molecule has 4 heteroatoms. The van der Waals surface area contributed by atoms with Gasteiger partial charge in [0.25, 0.3) is 0 Å². The molecule has 25 heavy (non-hydrogen) atoms. The first-order valence-corrected chi connectivity index (χ1v) is 8.33. The fourth-order valence-electron chi connectivity index (χ4n) is 2.99. The third-order valence-corrected chi connectivity index (χ3v) is 4.48. The predicted molar refractivity (Wildman–Crippen MR) is 100 cm³/mol. The van der Waals surface area contributed by atoms with Crippen LogP contribution in [0.5, 0.6) is 0 Å². The van der Waals surface area contributed by atoms with E-state index in [9.17, 15) is 5.26 Å². The average molecular weight is 344 g/mol. The number of aromatic nitrogens is 2. The Morgan fingerprint density at radius 1 is 0.920 bits per heavy atom. The summed E-state index contributed by atoms with van der Waals surface area (Å²) in [5.74, 6) is 0.866. The Hall–Kier alpha value is -3.09. The molecule has 0 unspecified atom stereocenters. The molecule has 1 aromatic heterocycles. The average Bonchev–Trinajstić information content (AvgIpc) is 3.01. The molecule has 3 aromatic carbocycles. The first-order chi connectivity index (χ1) is 12.3. The number of hydrogen-bond acceptors (Lipinski definition) is 2. The molecule has 0 amide bonds. The molecule has 0 atom stereocenters. The van der Waals surface area contributed by atoms with Gasteiger partial charge in [-0.25, -0.2) is 4.98 Å². The molecular formula is C21H14ClN3. The topological polar surface area (TPSA) is 41.6 Å². The van der Waals surface area contributed by atoms with Gasteiger partial charge in [-0.05, 0) is 48.0 Å². The number of imidazole rings is 1. The Balaban J connectivity index is 1.91. The zero-order chi connectivity index (χ0) is 17.2. The maximum atomic E-state index is 9.39. The van der Waals surface area contributed by atoms with Crippen LogP contribution in [-0.2, 0) is 6.54 Å². The molecule has 1 heterocycles. The number of fused-ring (bicyclic) bond motifs is 1. The van der Waals surface area contributed by atoms with Gasteiger partial charge in [0.15, 0.2) is 0 Å². The Morgan fingerprint density at radius 3 is 2.44 bits per heavy atom. The Morgan fingerprint density at radius 2 is 1.64 bits per heavy atom. The zero-order valence-corrected chi connectivity index (χ0v) is 14.1. The van der Waals surface area contributed by atoms with E-state index in [-0.39, 0.29) is 0 Å². The molecule has 0 spiro atoms. The Labute approximate surface area is 150 Å². The van der Waals surface area contributed by atoms with Gasteiger partial charge in [-0.2, -0.15) is 5.26 Å². The quantitative estimate of drug-likeness (QED) is 0.508. The largest absolute Gasteiger partial charge is 0.319 e. The maximum Gasteiger partial charge on any atom is 0.141 e. The van der Waals surface area contributed by atoms with Crippen LogP contribution in [0.3, 0.4) is 0 Å². The molecule has 0 N–H and O–H groups in total. The fraction of sp³-hybridized carbons (Fsp3) is 0.0476. The van der Waals surface area contributed by atoms with Crippen LogP contribution in [0.2, 0.25) is 5.02 Å². The summed E-state index contributed by atoms with van der Waals surface area (Å²) in [5.41, 5.74) is 4.63. The third-order valence-electron chi connectivity index (χ3n) is 4.22. The molecule has 4 aromatic rings. The lowest BCUT2D eigenvalue weighted by atomic mass is 10.1. The lowest BCUT2D eigenvalue weighted by molar-refractivity contribution is 0.832. The fourth-order valence-corrected chi connectivity index (χ4v) is 3.12. The van der Waals surface area contributed by atoms with Gasteiger partial charge in [0.2, 0.25) is 0 Å². The molecule has 0 saturated carbocycles. The minimum absolute atomic E-state index is 0.586. The van der Waals surface area contributed by atoms with Gasteiger partial charge in [-0.1, -0.05) is 41.9 Å². The van der Waals surface area contributed by atoms with Gasteiger partial charge in [-0.15, -0.1) is 0 Å². The Kier molecular flexibility index (Phi) is 3.97. The number of halogens is 1. The molecule has 0 bridgehead atoms. The molecule has 0 fully saturated rings. The van der Waals surface area contributed by atoms with E-state index in [1.54, 1.807) is 0 Å². The minimum Gasteiger partial charge on any atom is -0.319 e. The van der Waals surface area contributed by atoms with E-state index in [1.165, 1.54) is 0 Å². The number of benzene rings is 3. The van der Waals surface area contributed by atoms with Crippen LogP contribution in [0.4, 0.5) is 0 Å². The molecule has 3 nitrogen and oxygen atoms in total. The highest BCUT2D eigenvalue weighted by Crippen LogP contribution is 2.27. The van der Waals surface area contributed by atoms with Crippen molar-refractivity contribution in [3.63, 3.8) is 0 Å². The van der Waals surface area contributed by atoms with Crippen molar-refractivity contribution >= 4 is 22.6 Å². The number of para-hydroxylation sites is 2. The number of hydrogen-bond donors (Lipinski definition) is 0. The molecule has 0 aliphatic heterocycles. The normalized spacial score (nSPS) is 10.7. The summed E-state index contributed by atoms with van der Waals surface area (Å²) < 4.78 is 2.15. The van der Waals surface area contributed by atoms with E-state index in [0.717, 1.165) is 28.0 Å². The van der Waals surface area contributed by atoms with E-state index in [0.29, 0.717) is 17.1 Å². The summed E-state index contributed by atoms with van der Waals surface area (Å²) in [6, 6.07) is 25.6. The highest BCUT2D eigenvalue weighted by atomic mass is 35.5. The van der Waals surface area contributed by atoms with Crippen molar-refractivity contribution in [1.82, 2.24) is 9.55 Å². The van der Waals surface area contributed by atoms with Crippen LogP contribution in [-0.4, -0.2) is 9.55 Å². The third kappa shape index (κ3) is 2.88. The van der Waals surface area contributed by atoms with E-state index >= 15 is 0 Å². The van der Waals surface area contributed by atoms with Gasteiger partial charge in [0.05, 0.1) is 29.2 Å². The maximum absolute atomic E-state index is 9.39. The van der Waals surface area contributed by atoms with Crippen LogP contribution in [0.15, 0.2) is 72.8 Å². The molecular weight excluding hydrogens is 330 g/mol. The summed E-state index contributed by atoms with van der Waals surface area (Å²) in [5, 5.41) is 10.1. The highest BCUT2D eigenvalue weighted by molar-refractivity contribution is 6.30. The van der Waals surface area contributed by atoms with Crippen molar-refractivity contribution in [3.8, 4) is 17.5 Å². The minimum atomic E-state index is 0.586. The molecule has 0 radical (unpaired) electrons. The van der Waals surface area contributed by atoms with E-state index < -0.39 is 0 Å². The molecule has 120 valence electrons. The summed E-state index contributed by atoms with van der Waals surface area (Å²) >= 11 is 6.02. The van der Waals surface area contributed by atoms with Gasteiger partial charge in [0, 0.05) is 10.6 Å². The lowest BCUT2D eigenvalue weighted by Gasteiger charge is -2.11. The van der Waals surface area contributed by atoms with Crippen molar-refractivity contribution in [2.24, 2.45) is 0 Å². The number of nitriles is 1. The summed E-state index contributed by atoms with van der Waals surface area (Å²) in [7, 11) is 0. The number of rotatable bonds is 3. The second kappa shape index (κ2) is 6.43.